The summed E-state index contributed by atoms with van der Waals surface area (Å²) in [7, 11) is -1.90. The van der Waals surface area contributed by atoms with E-state index in [1.165, 1.54) is 19.8 Å². The number of nitrogens with zero attached hydrogens (tertiary/aromatic N) is 3. The molecule has 1 aromatic heterocycles. The molecule has 1 spiro atoms. The number of halogens is 2. The highest BCUT2D eigenvalue weighted by Gasteiger charge is 2.44. The number of hydrogen-bond donors (Lipinski definition) is 3. The predicted molar refractivity (Wildman–Crippen MR) is 166 cm³/mol. The van der Waals surface area contributed by atoms with Crippen LogP contribution in [0.1, 0.15) is 55.8 Å². The van der Waals surface area contributed by atoms with Crippen LogP contribution < -0.4 is 19.8 Å². The number of aliphatic hydroxyl groups is 1. The molecule has 2 aliphatic heterocycles. The Morgan fingerprint density at radius 1 is 0.930 bits per heavy atom. The van der Waals surface area contributed by atoms with Crippen molar-refractivity contribution in [2.24, 2.45) is 12.5 Å². The number of hydrogen-bond acceptors (Lipinski definition) is 6. The molecule has 1 amide bonds. The van der Waals surface area contributed by atoms with Crippen LogP contribution in [0, 0.1) is 5.41 Å². The Hall–Kier alpha value is -3.38. The molecular weight excluding hydrogens is 576 g/mol. The van der Waals surface area contributed by atoms with E-state index in [-0.39, 0.29) is 31.8 Å². The van der Waals surface area contributed by atoms with E-state index in [1.807, 2.05) is 40.9 Å². The SMILES string of the molecule is C[C@@H](CO)S(=O)(=O)Nc1ccc(C(=O)Nc2cc(N3CCC(F)(F)CC3)c3c(ccn3C)c2)c(N2CCC3(CC2)CC3)c1. The molecule has 0 radical (unpaired) electrons. The van der Waals surface area contributed by atoms with Crippen LogP contribution in [0.3, 0.4) is 0 Å². The number of rotatable bonds is 8. The van der Waals surface area contributed by atoms with E-state index in [2.05, 4.69) is 14.9 Å². The molecule has 1 saturated carbocycles. The average molecular weight is 616 g/mol. The maximum absolute atomic E-state index is 13.9. The predicted octanol–water partition coefficient (Wildman–Crippen LogP) is 5.17. The molecule has 1 atom stereocenters. The number of aromatic nitrogens is 1. The minimum Gasteiger partial charge on any atom is -0.395 e. The van der Waals surface area contributed by atoms with E-state index < -0.39 is 27.8 Å². The fraction of sp³-hybridized carbons (Fsp3) is 0.516. The van der Waals surface area contributed by atoms with Crippen molar-refractivity contribution < 1.29 is 27.1 Å². The maximum Gasteiger partial charge on any atom is 0.257 e. The first-order valence-electron chi connectivity index (χ1n) is 14.9. The normalized spacial score (nSPS) is 20.3. The second-order valence-corrected chi connectivity index (χ2v) is 14.6. The van der Waals surface area contributed by atoms with Crippen LogP contribution in [0.25, 0.3) is 10.9 Å². The van der Waals surface area contributed by atoms with Crippen molar-refractivity contribution in [3.05, 3.63) is 48.2 Å². The number of benzene rings is 2. The quantitative estimate of drug-likeness (QED) is 0.323. The summed E-state index contributed by atoms with van der Waals surface area (Å²) in [4.78, 5) is 18.0. The zero-order valence-electron chi connectivity index (χ0n) is 24.6. The van der Waals surface area contributed by atoms with Crippen molar-refractivity contribution in [1.29, 1.82) is 0 Å². The minimum absolute atomic E-state index is 0.219. The maximum atomic E-state index is 13.9. The van der Waals surface area contributed by atoms with Crippen LogP contribution >= 0.6 is 0 Å². The number of sulfonamides is 1. The second-order valence-electron chi connectivity index (χ2n) is 12.5. The molecule has 3 aliphatic rings. The van der Waals surface area contributed by atoms with E-state index >= 15 is 0 Å². The van der Waals surface area contributed by atoms with Gasteiger partial charge in [0, 0.05) is 63.3 Å². The van der Waals surface area contributed by atoms with Crippen LogP contribution in [0.15, 0.2) is 42.6 Å². The summed E-state index contributed by atoms with van der Waals surface area (Å²) in [5, 5.41) is 12.3. The number of alkyl halides is 2. The summed E-state index contributed by atoms with van der Waals surface area (Å²) in [6.45, 7) is 2.89. The van der Waals surface area contributed by atoms with Gasteiger partial charge >= 0.3 is 0 Å². The number of fused-ring (bicyclic) bond motifs is 1. The standard InChI is InChI=1S/C31H39F2N5O4S/c1-21(20-39)43(41,42)35-23-3-4-25(26(18-23)37-13-8-30(6-7-30)9-14-37)29(40)34-24-17-22-5-12-36(2)28(22)27(19-24)38-15-10-31(32,33)11-16-38/h3-5,12,17-19,21,35,39H,6-11,13-16,20H2,1-2H3,(H,34,40)/t21-/m0/s1. The van der Waals surface area contributed by atoms with Crippen molar-refractivity contribution in [2.45, 2.75) is 56.6 Å². The van der Waals surface area contributed by atoms with Gasteiger partial charge < -0.3 is 24.8 Å². The lowest BCUT2D eigenvalue weighted by atomic mass is 9.93. The molecule has 2 aromatic carbocycles. The molecule has 9 nitrogen and oxygen atoms in total. The highest BCUT2D eigenvalue weighted by molar-refractivity contribution is 7.93. The molecule has 3 N–H and O–H groups in total. The molecule has 1 aliphatic carbocycles. The molecule has 3 fully saturated rings. The van der Waals surface area contributed by atoms with E-state index in [0.717, 1.165) is 42.5 Å². The van der Waals surface area contributed by atoms with Gasteiger partial charge in [0.15, 0.2) is 0 Å². The first-order valence-corrected chi connectivity index (χ1v) is 16.5. The van der Waals surface area contributed by atoms with Crippen molar-refractivity contribution in [3.8, 4) is 0 Å². The van der Waals surface area contributed by atoms with Gasteiger partial charge in [-0.1, -0.05) is 0 Å². The van der Waals surface area contributed by atoms with Crippen molar-refractivity contribution in [3.63, 3.8) is 0 Å². The van der Waals surface area contributed by atoms with Gasteiger partial charge in [-0.25, -0.2) is 17.2 Å². The first-order chi connectivity index (χ1) is 20.4. The lowest BCUT2D eigenvalue weighted by Gasteiger charge is -2.35. The molecular formula is C31H39F2N5O4S. The average Bonchev–Trinajstić information content (AvgIpc) is 3.62. The van der Waals surface area contributed by atoms with Crippen molar-refractivity contribution in [1.82, 2.24) is 4.57 Å². The number of amides is 1. The number of piperidine rings is 2. The molecule has 3 heterocycles. The first kappa shape index (κ1) is 29.7. The second kappa shape index (κ2) is 11.0. The number of anilines is 4. The van der Waals surface area contributed by atoms with Crippen LogP contribution in [-0.4, -0.2) is 68.0 Å². The number of aryl methyl sites for hydroxylation is 1. The number of carbonyl (C=O) groups excluding carboxylic acids is 1. The highest BCUT2D eigenvalue weighted by Crippen LogP contribution is 2.54. The zero-order chi connectivity index (χ0) is 30.6. The Morgan fingerprint density at radius 2 is 1.56 bits per heavy atom. The van der Waals surface area contributed by atoms with E-state index in [4.69, 9.17) is 0 Å². The topological polar surface area (TPSA) is 107 Å². The third-order valence-electron chi connectivity index (χ3n) is 9.45. The van der Waals surface area contributed by atoms with Crippen LogP contribution in [-0.2, 0) is 17.1 Å². The molecule has 0 unspecified atom stereocenters. The summed E-state index contributed by atoms with van der Waals surface area (Å²) in [5.41, 5.74) is 4.06. The third kappa shape index (κ3) is 6.04. The van der Waals surface area contributed by atoms with Gasteiger partial charge in [0.2, 0.25) is 10.0 Å². The van der Waals surface area contributed by atoms with Gasteiger partial charge in [-0.2, -0.15) is 0 Å². The van der Waals surface area contributed by atoms with Gasteiger partial charge in [0.05, 0.1) is 34.7 Å². The number of nitrogens with one attached hydrogen (secondary N) is 2. The fourth-order valence-electron chi connectivity index (χ4n) is 6.32. The van der Waals surface area contributed by atoms with Crippen molar-refractivity contribution in [2.75, 3.05) is 52.6 Å². The van der Waals surface area contributed by atoms with Gasteiger partial charge in [0.1, 0.15) is 5.25 Å². The molecule has 3 aromatic rings. The summed E-state index contributed by atoms with van der Waals surface area (Å²) < 4.78 is 57.7. The Balaban J connectivity index is 1.31. The number of carbonyl (C=O) groups is 1. The minimum atomic E-state index is -3.82. The van der Waals surface area contributed by atoms with Gasteiger partial charge in [0.25, 0.3) is 11.8 Å². The van der Waals surface area contributed by atoms with Crippen molar-refractivity contribution >= 4 is 49.6 Å². The molecule has 2 saturated heterocycles. The Kier molecular flexibility index (Phi) is 7.56. The van der Waals surface area contributed by atoms with Crippen LogP contribution in [0.2, 0.25) is 0 Å². The molecule has 43 heavy (non-hydrogen) atoms. The number of aliphatic hydroxyl groups excluding tert-OH is 1. The Morgan fingerprint density at radius 3 is 2.21 bits per heavy atom. The fourth-order valence-corrected chi connectivity index (χ4v) is 7.17. The summed E-state index contributed by atoms with van der Waals surface area (Å²) in [6, 6.07) is 10.6. The smallest absolute Gasteiger partial charge is 0.257 e. The largest absolute Gasteiger partial charge is 0.395 e. The molecule has 232 valence electrons. The zero-order valence-corrected chi connectivity index (χ0v) is 25.4. The molecule has 0 bridgehead atoms. The summed E-state index contributed by atoms with van der Waals surface area (Å²) in [5.74, 6) is -3.01. The van der Waals surface area contributed by atoms with Crippen LogP contribution in [0.5, 0.6) is 0 Å². The lowest BCUT2D eigenvalue weighted by molar-refractivity contribution is -0.0220. The molecule has 12 heteroatoms. The monoisotopic (exact) mass is 615 g/mol. The summed E-state index contributed by atoms with van der Waals surface area (Å²) >= 11 is 0. The lowest BCUT2D eigenvalue weighted by Crippen LogP contribution is -2.39. The summed E-state index contributed by atoms with van der Waals surface area (Å²) in [6.07, 6.45) is 5.98. The Labute approximate surface area is 250 Å². The Bertz CT molecular complexity index is 1630. The van der Waals surface area contributed by atoms with Gasteiger partial charge in [-0.15, -0.1) is 0 Å². The van der Waals surface area contributed by atoms with E-state index in [0.29, 0.717) is 28.0 Å². The highest BCUT2D eigenvalue weighted by atomic mass is 32.2. The van der Waals surface area contributed by atoms with Crippen LogP contribution in [0.4, 0.5) is 31.5 Å². The van der Waals surface area contributed by atoms with E-state index in [9.17, 15) is 27.1 Å². The van der Waals surface area contributed by atoms with E-state index in [1.54, 1.807) is 18.2 Å². The van der Waals surface area contributed by atoms with Gasteiger partial charge in [-0.3, -0.25) is 9.52 Å². The molecule has 6 rings (SSSR count). The third-order valence-corrected chi connectivity index (χ3v) is 11.2. The van der Waals surface area contributed by atoms with Gasteiger partial charge in [-0.05, 0) is 74.4 Å².